The second-order valence-corrected chi connectivity index (χ2v) is 5.46. The van der Waals surface area contributed by atoms with E-state index < -0.39 is 0 Å². The van der Waals surface area contributed by atoms with E-state index >= 15 is 0 Å². The third-order valence-corrected chi connectivity index (χ3v) is 5.52. The second kappa shape index (κ2) is 2.96. The first-order valence-electron chi connectivity index (χ1n) is 3.30. The van der Waals surface area contributed by atoms with E-state index in [-0.39, 0.29) is 0 Å². The molecule has 4 heteroatoms. The van der Waals surface area contributed by atoms with Crippen molar-refractivity contribution in [2.75, 3.05) is 0 Å². The number of para-hydroxylation sites is 1. The van der Waals surface area contributed by atoms with Crippen molar-refractivity contribution in [3.05, 3.63) is 24.3 Å². The molecule has 0 bridgehead atoms. The summed E-state index contributed by atoms with van der Waals surface area (Å²) >= 11 is 3.62. The Morgan fingerprint density at radius 1 is 1.36 bits per heavy atom. The molecular formula is C7H7NS2Si. The summed E-state index contributed by atoms with van der Waals surface area (Å²) in [5, 5.41) is 0. The Kier molecular flexibility index (Phi) is 1.98. The Morgan fingerprint density at radius 2 is 2.18 bits per heavy atom. The number of aromatic nitrogens is 1. The Labute approximate surface area is 75.9 Å². The maximum Gasteiger partial charge on any atom is 0.144 e. The molecule has 0 saturated heterocycles. The van der Waals surface area contributed by atoms with E-state index in [1.807, 2.05) is 17.3 Å². The van der Waals surface area contributed by atoms with Gasteiger partial charge in [-0.05, 0) is 12.1 Å². The standard InChI is InChI=1S/C7H7NS2Si/c11-10-7-8-5-3-1-2-4-6(5)9-7/h1-4H,11H3. The molecule has 0 fully saturated rings. The van der Waals surface area contributed by atoms with Gasteiger partial charge in [0.1, 0.15) is 4.34 Å². The van der Waals surface area contributed by atoms with Crippen molar-refractivity contribution in [1.29, 1.82) is 0 Å². The van der Waals surface area contributed by atoms with Crippen molar-refractivity contribution in [3.63, 3.8) is 0 Å². The Morgan fingerprint density at radius 3 is 2.91 bits per heavy atom. The highest BCUT2D eigenvalue weighted by molar-refractivity contribution is 8.20. The number of benzene rings is 1. The highest BCUT2D eigenvalue weighted by atomic mass is 32.4. The molecule has 1 aromatic heterocycles. The van der Waals surface area contributed by atoms with Crippen molar-refractivity contribution in [2.24, 2.45) is 0 Å². The van der Waals surface area contributed by atoms with Gasteiger partial charge in [-0.2, -0.15) is 0 Å². The molecule has 11 heavy (non-hydrogen) atoms. The van der Waals surface area contributed by atoms with E-state index in [1.165, 1.54) is 9.04 Å². The van der Waals surface area contributed by atoms with Gasteiger partial charge in [0.15, 0.2) is 0 Å². The Balaban J connectivity index is 2.69. The molecule has 2 aromatic rings. The van der Waals surface area contributed by atoms with Gasteiger partial charge in [-0.1, -0.05) is 12.1 Å². The minimum Gasteiger partial charge on any atom is -0.230 e. The van der Waals surface area contributed by atoms with Gasteiger partial charge in [0.05, 0.1) is 19.6 Å². The minimum absolute atomic E-state index is 1.13. The van der Waals surface area contributed by atoms with Crippen LogP contribution in [0.3, 0.4) is 0 Å². The molecule has 2 rings (SSSR count). The van der Waals surface area contributed by atoms with Gasteiger partial charge >= 0.3 is 0 Å². The molecule has 0 N–H and O–H groups in total. The number of hydrogen-bond donors (Lipinski definition) is 0. The lowest BCUT2D eigenvalue weighted by Gasteiger charge is -1.80. The normalized spacial score (nSPS) is 10.9. The highest BCUT2D eigenvalue weighted by Crippen LogP contribution is 2.26. The Hall–Kier alpha value is -0.323. The molecule has 0 amide bonds. The fourth-order valence-electron chi connectivity index (χ4n) is 0.938. The zero-order chi connectivity index (χ0) is 7.68. The maximum absolute atomic E-state index is 4.45. The highest BCUT2D eigenvalue weighted by Gasteiger charge is 1.99. The summed E-state index contributed by atoms with van der Waals surface area (Å²) in [4.78, 5) is 4.45. The van der Waals surface area contributed by atoms with Crippen LogP contribution in [0.1, 0.15) is 0 Å². The van der Waals surface area contributed by atoms with Crippen molar-refractivity contribution >= 4 is 42.2 Å². The smallest absolute Gasteiger partial charge is 0.144 e. The summed E-state index contributed by atoms with van der Waals surface area (Å²) < 4.78 is 2.50. The van der Waals surface area contributed by atoms with E-state index in [2.05, 4.69) is 23.2 Å². The van der Waals surface area contributed by atoms with Crippen LogP contribution in [0.15, 0.2) is 28.6 Å². The van der Waals surface area contributed by atoms with Crippen LogP contribution in [-0.4, -0.2) is 14.4 Å². The van der Waals surface area contributed by atoms with Gasteiger partial charge in [-0.25, -0.2) is 4.98 Å². The Bertz CT molecular complexity index is 338. The van der Waals surface area contributed by atoms with Gasteiger partial charge in [-0.3, -0.25) is 0 Å². The van der Waals surface area contributed by atoms with Crippen LogP contribution in [0.5, 0.6) is 0 Å². The average molecular weight is 197 g/mol. The predicted octanol–water partition coefficient (Wildman–Crippen LogP) is 1.67. The molecule has 0 atom stereocenters. The van der Waals surface area contributed by atoms with E-state index in [9.17, 15) is 0 Å². The molecule has 0 aliphatic rings. The summed E-state index contributed by atoms with van der Waals surface area (Å²) in [6.45, 7) is 0. The van der Waals surface area contributed by atoms with Gasteiger partial charge in [0, 0.05) is 0 Å². The summed E-state index contributed by atoms with van der Waals surface area (Å²) in [5.41, 5.74) is 1.14. The van der Waals surface area contributed by atoms with Crippen molar-refractivity contribution in [3.8, 4) is 0 Å². The molecule has 0 radical (unpaired) electrons. The van der Waals surface area contributed by atoms with Crippen LogP contribution >= 0.6 is 22.5 Å². The SMILES string of the molecule is [SiH3]Sc1nc2ccccc2s1. The summed E-state index contributed by atoms with van der Waals surface area (Å²) in [7, 11) is 1.13. The van der Waals surface area contributed by atoms with Crippen molar-refractivity contribution in [2.45, 2.75) is 4.34 Å². The van der Waals surface area contributed by atoms with E-state index in [1.54, 1.807) is 11.3 Å². The van der Waals surface area contributed by atoms with Crippen molar-refractivity contribution < 1.29 is 0 Å². The number of thiazole rings is 1. The minimum atomic E-state index is 1.13. The topological polar surface area (TPSA) is 12.9 Å². The van der Waals surface area contributed by atoms with E-state index in [4.69, 9.17) is 0 Å². The second-order valence-electron chi connectivity index (χ2n) is 2.15. The zero-order valence-corrected chi connectivity index (χ0v) is 9.71. The molecule has 0 aliphatic carbocycles. The first kappa shape index (κ1) is 7.33. The van der Waals surface area contributed by atoms with Crippen LogP contribution in [-0.2, 0) is 0 Å². The lowest BCUT2D eigenvalue weighted by Crippen LogP contribution is -1.65. The monoisotopic (exact) mass is 197 g/mol. The molecule has 1 nitrogen and oxygen atoms in total. The summed E-state index contributed by atoms with van der Waals surface area (Å²) in [5.74, 6) is 0. The molecule has 0 unspecified atom stereocenters. The number of hydrogen-bond acceptors (Lipinski definition) is 3. The molecular weight excluding hydrogens is 190 g/mol. The molecule has 0 saturated carbocycles. The van der Waals surface area contributed by atoms with Crippen LogP contribution < -0.4 is 0 Å². The van der Waals surface area contributed by atoms with Crippen LogP contribution in [0.4, 0.5) is 0 Å². The molecule has 0 aliphatic heterocycles. The van der Waals surface area contributed by atoms with Gasteiger partial charge in [0.2, 0.25) is 0 Å². The fraction of sp³-hybridized carbons (Fsp3) is 0. The third kappa shape index (κ3) is 1.33. The quantitative estimate of drug-likeness (QED) is 0.645. The van der Waals surface area contributed by atoms with Crippen LogP contribution in [0.2, 0.25) is 0 Å². The van der Waals surface area contributed by atoms with Crippen molar-refractivity contribution in [1.82, 2.24) is 4.98 Å². The number of rotatable bonds is 1. The van der Waals surface area contributed by atoms with Crippen LogP contribution in [0, 0.1) is 0 Å². The van der Waals surface area contributed by atoms with Crippen LogP contribution in [0.25, 0.3) is 10.2 Å². The third-order valence-electron chi connectivity index (χ3n) is 1.45. The summed E-state index contributed by atoms with van der Waals surface area (Å²) in [6, 6.07) is 8.27. The lowest BCUT2D eigenvalue weighted by molar-refractivity contribution is 1.31. The molecule has 56 valence electrons. The van der Waals surface area contributed by atoms with Gasteiger partial charge < -0.3 is 0 Å². The molecule has 1 aromatic carbocycles. The lowest BCUT2D eigenvalue weighted by atomic mass is 10.3. The summed E-state index contributed by atoms with van der Waals surface area (Å²) in [6.07, 6.45) is 0. The maximum atomic E-state index is 4.45. The number of fused-ring (bicyclic) bond motifs is 1. The van der Waals surface area contributed by atoms with Gasteiger partial charge in [0.25, 0.3) is 0 Å². The average Bonchev–Trinajstić information content (AvgIpc) is 2.46. The molecule has 0 spiro atoms. The zero-order valence-electron chi connectivity index (χ0n) is 6.07. The number of nitrogens with zero attached hydrogens (tertiary/aromatic N) is 1. The first-order chi connectivity index (χ1) is 5.40. The molecule has 1 heterocycles. The van der Waals surface area contributed by atoms with Gasteiger partial charge in [-0.15, -0.1) is 22.5 Å². The van der Waals surface area contributed by atoms with E-state index in [0.29, 0.717) is 0 Å². The fourth-order valence-corrected chi connectivity index (χ4v) is 3.45. The first-order valence-corrected chi connectivity index (χ1v) is 7.79. The van der Waals surface area contributed by atoms with E-state index in [0.717, 1.165) is 14.9 Å². The predicted molar refractivity (Wildman–Crippen MR) is 55.4 cm³/mol. The largest absolute Gasteiger partial charge is 0.230 e.